The molecule has 1 rings (SSSR count). The van der Waals surface area contributed by atoms with Crippen molar-refractivity contribution < 1.29 is 4.74 Å². The van der Waals surface area contributed by atoms with E-state index in [0.717, 1.165) is 28.9 Å². The van der Waals surface area contributed by atoms with Crippen LogP contribution in [0.2, 0.25) is 0 Å². The van der Waals surface area contributed by atoms with Gasteiger partial charge in [-0.05, 0) is 57.8 Å². The number of hydrogen-bond acceptors (Lipinski definition) is 3. The third-order valence-corrected chi connectivity index (χ3v) is 4.87. The van der Waals surface area contributed by atoms with Crippen LogP contribution in [0.25, 0.3) is 0 Å². The topological polar surface area (TPSA) is 36.5 Å². The minimum Gasteiger partial charge on any atom is -0.358 e. The average Bonchev–Trinajstić information content (AvgIpc) is 2.46. The van der Waals surface area contributed by atoms with Crippen molar-refractivity contribution in [3.8, 4) is 0 Å². The summed E-state index contributed by atoms with van der Waals surface area (Å²) in [5.41, 5.74) is 2.00. The maximum Gasteiger partial charge on any atom is 0.173 e. The van der Waals surface area contributed by atoms with Crippen molar-refractivity contribution in [1.29, 1.82) is 0 Å². The Morgan fingerprint density at radius 3 is 2.65 bits per heavy atom. The van der Waals surface area contributed by atoms with Gasteiger partial charge in [0.2, 0.25) is 0 Å². The Kier molecular flexibility index (Phi) is 8.58. The van der Waals surface area contributed by atoms with Crippen LogP contribution in [0.5, 0.6) is 0 Å². The molecular formula is C17H30BrN3OS. The first kappa shape index (κ1) is 20.5. The van der Waals surface area contributed by atoms with Crippen LogP contribution in [-0.2, 0) is 4.74 Å². The van der Waals surface area contributed by atoms with E-state index in [9.17, 15) is 0 Å². The Morgan fingerprint density at radius 2 is 2.09 bits per heavy atom. The summed E-state index contributed by atoms with van der Waals surface area (Å²) in [4.78, 5) is 2.03. The maximum atomic E-state index is 5.92. The Labute approximate surface area is 154 Å². The minimum absolute atomic E-state index is 0.121. The summed E-state index contributed by atoms with van der Waals surface area (Å²) in [6.45, 7) is 11.5. The summed E-state index contributed by atoms with van der Waals surface area (Å²) in [5, 5.41) is 7.39. The molecule has 0 spiro atoms. The molecule has 4 nitrogen and oxygen atoms in total. The fraction of sp³-hybridized carbons (Fsp3) is 0.706. The highest BCUT2D eigenvalue weighted by molar-refractivity contribution is 9.11. The standard InChI is InChI=1S/C17H30BrN3OS/c1-11(2)8-7-9-22-16-14(18)10-15(13(5)19-16)20-17(23)21(6)12(3)4/h10-12,16,19H,7-9H2,1-6H3,(H,20,23). The van der Waals surface area contributed by atoms with Gasteiger partial charge in [0.1, 0.15) is 0 Å². The number of halogens is 1. The summed E-state index contributed by atoms with van der Waals surface area (Å²) < 4.78 is 6.90. The third-order valence-electron chi connectivity index (χ3n) is 3.83. The van der Waals surface area contributed by atoms with Gasteiger partial charge in [-0.1, -0.05) is 29.8 Å². The molecule has 0 fully saturated rings. The second-order valence-electron chi connectivity index (χ2n) is 6.63. The molecule has 1 aliphatic heterocycles. The molecule has 6 heteroatoms. The molecular weight excluding hydrogens is 374 g/mol. The third kappa shape index (κ3) is 6.81. The van der Waals surface area contributed by atoms with Gasteiger partial charge in [0.25, 0.3) is 0 Å². The number of hydrogen-bond donors (Lipinski definition) is 2. The van der Waals surface area contributed by atoms with Gasteiger partial charge in [-0.3, -0.25) is 0 Å². The molecule has 0 aromatic rings. The van der Waals surface area contributed by atoms with Crippen molar-refractivity contribution in [3.05, 3.63) is 22.0 Å². The maximum absolute atomic E-state index is 5.92. The lowest BCUT2D eigenvalue weighted by Gasteiger charge is -2.30. The number of dihydropyridines is 1. The van der Waals surface area contributed by atoms with Gasteiger partial charge in [0.05, 0.1) is 5.70 Å². The molecule has 0 saturated heterocycles. The molecule has 0 bridgehead atoms. The first-order valence-electron chi connectivity index (χ1n) is 8.22. The van der Waals surface area contributed by atoms with Crippen molar-refractivity contribution >= 4 is 33.3 Å². The van der Waals surface area contributed by atoms with E-state index < -0.39 is 0 Å². The zero-order valence-electron chi connectivity index (χ0n) is 15.1. The van der Waals surface area contributed by atoms with Gasteiger partial charge in [0.15, 0.2) is 11.3 Å². The van der Waals surface area contributed by atoms with Gasteiger partial charge >= 0.3 is 0 Å². The van der Waals surface area contributed by atoms with E-state index >= 15 is 0 Å². The number of rotatable bonds is 7. The highest BCUT2D eigenvalue weighted by Crippen LogP contribution is 2.22. The van der Waals surface area contributed by atoms with E-state index in [1.165, 1.54) is 6.42 Å². The van der Waals surface area contributed by atoms with Crippen LogP contribution in [0.1, 0.15) is 47.5 Å². The van der Waals surface area contributed by atoms with E-state index in [1.807, 2.05) is 24.9 Å². The molecule has 2 N–H and O–H groups in total. The number of allylic oxidation sites excluding steroid dienone is 2. The molecule has 0 aromatic heterocycles. The lowest BCUT2D eigenvalue weighted by atomic mass is 10.1. The van der Waals surface area contributed by atoms with Crippen LogP contribution < -0.4 is 10.6 Å². The van der Waals surface area contributed by atoms with Gasteiger partial charge in [0, 0.05) is 29.9 Å². The van der Waals surface area contributed by atoms with Crippen molar-refractivity contribution in [3.63, 3.8) is 0 Å². The normalized spacial score (nSPS) is 18.1. The number of nitrogens with one attached hydrogen (secondary N) is 2. The Morgan fingerprint density at radius 1 is 1.43 bits per heavy atom. The van der Waals surface area contributed by atoms with Crippen LogP contribution in [0.15, 0.2) is 22.0 Å². The largest absolute Gasteiger partial charge is 0.358 e. The van der Waals surface area contributed by atoms with Crippen molar-refractivity contribution in [2.24, 2.45) is 5.92 Å². The van der Waals surface area contributed by atoms with Crippen molar-refractivity contribution in [2.45, 2.75) is 59.7 Å². The van der Waals surface area contributed by atoms with Crippen LogP contribution in [0.4, 0.5) is 0 Å². The lowest BCUT2D eigenvalue weighted by molar-refractivity contribution is 0.0617. The SMILES string of the molecule is CC1=C(NC(=S)N(C)C(C)C)C=C(Br)C(OCCCC(C)C)N1. The lowest BCUT2D eigenvalue weighted by Crippen LogP contribution is -2.43. The molecule has 0 aromatic carbocycles. The predicted molar refractivity (Wildman–Crippen MR) is 105 cm³/mol. The Bertz CT molecular complexity index is 474. The molecule has 0 radical (unpaired) electrons. The van der Waals surface area contributed by atoms with Gasteiger partial charge < -0.3 is 20.3 Å². The smallest absolute Gasteiger partial charge is 0.173 e. The second-order valence-corrected chi connectivity index (χ2v) is 7.94. The molecule has 0 amide bonds. The molecule has 1 atom stereocenters. The van der Waals surface area contributed by atoms with Gasteiger partial charge in [-0.15, -0.1) is 0 Å². The summed E-state index contributed by atoms with van der Waals surface area (Å²) in [6, 6.07) is 0.358. The first-order valence-corrected chi connectivity index (χ1v) is 9.42. The quantitative estimate of drug-likeness (QED) is 0.494. The van der Waals surface area contributed by atoms with Crippen molar-refractivity contribution in [1.82, 2.24) is 15.5 Å². The fourth-order valence-corrected chi connectivity index (χ4v) is 2.84. The number of thiocarbonyl (C=S) groups is 1. The van der Waals surface area contributed by atoms with Crippen LogP contribution >= 0.6 is 28.1 Å². The van der Waals surface area contributed by atoms with E-state index in [-0.39, 0.29) is 6.23 Å². The molecule has 0 aliphatic carbocycles. The predicted octanol–water partition coefficient (Wildman–Crippen LogP) is 4.09. The molecule has 0 saturated carbocycles. The fourth-order valence-electron chi connectivity index (χ4n) is 2.05. The number of ether oxygens (including phenoxy) is 1. The zero-order valence-corrected chi connectivity index (χ0v) is 17.5. The molecule has 1 unspecified atom stereocenters. The summed E-state index contributed by atoms with van der Waals surface area (Å²) >= 11 is 9.04. The minimum atomic E-state index is -0.121. The molecule has 23 heavy (non-hydrogen) atoms. The van der Waals surface area contributed by atoms with E-state index in [4.69, 9.17) is 17.0 Å². The Balaban J connectivity index is 2.56. The second kappa shape index (κ2) is 9.64. The van der Waals surface area contributed by atoms with E-state index in [1.54, 1.807) is 0 Å². The zero-order chi connectivity index (χ0) is 17.6. The highest BCUT2D eigenvalue weighted by Gasteiger charge is 2.20. The van der Waals surface area contributed by atoms with Crippen LogP contribution in [-0.4, -0.2) is 35.9 Å². The van der Waals surface area contributed by atoms with Gasteiger partial charge in [-0.2, -0.15) is 0 Å². The monoisotopic (exact) mass is 403 g/mol. The van der Waals surface area contributed by atoms with Gasteiger partial charge in [-0.25, -0.2) is 0 Å². The molecule has 1 heterocycles. The summed E-state index contributed by atoms with van der Waals surface area (Å²) in [7, 11) is 1.99. The highest BCUT2D eigenvalue weighted by atomic mass is 79.9. The average molecular weight is 404 g/mol. The Hall–Kier alpha value is -0.590. The van der Waals surface area contributed by atoms with Crippen LogP contribution in [0, 0.1) is 5.92 Å². The summed E-state index contributed by atoms with van der Waals surface area (Å²) in [5.74, 6) is 0.716. The summed E-state index contributed by atoms with van der Waals surface area (Å²) in [6.07, 6.45) is 4.18. The van der Waals surface area contributed by atoms with Crippen LogP contribution in [0.3, 0.4) is 0 Å². The molecule has 1 aliphatic rings. The van der Waals surface area contributed by atoms with E-state index in [0.29, 0.717) is 17.1 Å². The number of nitrogens with zero attached hydrogens (tertiary/aromatic N) is 1. The molecule has 132 valence electrons. The van der Waals surface area contributed by atoms with Crippen molar-refractivity contribution in [2.75, 3.05) is 13.7 Å². The first-order chi connectivity index (χ1) is 10.7. The van der Waals surface area contributed by atoms with E-state index in [2.05, 4.69) is 54.3 Å².